The van der Waals surface area contributed by atoms with E-state index in [0.717, 1.165) is 52.2 Å². The molecule has 0 bridgehead atoms. The Bertz CT molecular complexity index is 862. The first-order valence-electron chi connectivity index (χ1n) is 12.3. The van der Waals surface area contributed by atoms with Crippen LogP contribution in [-0.2, 0) is 27.4 Å². The monoisotopic (exact) mass is 451 g/mol. The van der Waals surface area contributed by atoms with Crippen LogP contribution in [0.15, 0.2) is 54.6 Å². The van der Waals surface area contributed by atoms with Crippen molar-refractivity contribution in [1.82, 2.24) is 10.2 Å². The second-order valence-corrected chi connectivity index (χ2v) is 9.05. The first-order chi connectivity index (χ1) is 16.2. The Hall–Kier alpha value is -2.41. The molecule has 0 radical (unpaired) electrons. The van der Waals surface area contributed by atoms with Gasteiger partial charge in [0, 0.05) is 51.6 Å². The first-order valence-corrected chi connectivity index (χ1v) is 12.3. The molecule has 2 unspecified atom stereocenters. The fraction of sp³-hybridized carbons (Fsp3) is 0.519. The molecule has 2 aromatic rings. The highest BCUT2D eigenvalue weighted by molar-refractivity contribution is 5.80. The molecule has 2 heterocycles. The Labute approximate surface area is 197 Å². The third-order valence-electron chi connectivity index (χ3n) is 6.63. The molecule has 2 saturated heterocycles. The van der Waals surface area contributed by atoms with Crippen molar-refractivity contribution in [2.24, 2.45) is 0 Å². The number of rotatable bonds is 9. The molecule has 2 aliphatic rings. The van der Waals surface area contributed by atoms with E-state index in [4.69, 9.17) is 9.47 Å². The summed E-state index contributed by atoms with van der Waals surface area (Å²) in [6.45, 7) is 8.65. The van der Waals surface area contributed by atoms with Crippen molar-refractivity contribution >= 4 is 11.6 Å². The molecule has 4 rings (SSSR count). The van der Waals surface area contributed by atoms with Crippen molar-refractivity contribution in [3.8, 4) is 0 Å². The molecule has 1 N–H and O–H groups in total. The van der Waals surface area contributed by atoms with Crippen LogP contribution in [0.25, 0.3) is 0 Å². The third-order valence-corrected chi connectivity index (χ3v) is 6.63. The van der Waals surface area contributed by atoms with Crippen LogP contribution < -0.4 is 10.2 Å². The minimum absolute atomic E-state index is 0.0721. The average Bonchev–Trinajstić information content (AvgIpc) is 2.88. The number of nitrogens with zero attached hydrogens (tertiary/aromatic N) is 2. The van der Waals surface area contributed by atoms with Crippen molar-refractivity contribution in [2.75, 3.05) is 44.3 Å². The maximum Gasteiger partial charge on any atom is 0.249 e. The van der Waals surface area contributed by atoms with Crippen LogP contribution in [0.4, 0.5) is 5.69 Å². The second-order valence-electron chi connectivity index (χ2n) is 9.05. The van der Waals surface area contributed by atoms with Crippen molar-refractivity contribution in [3.63, 3.8) is 0 Å². The minimum atomic E-state index is -0.478. The number of hydrogen-bond acceptors (Lipinski definition) is 5. The number of benzene rings is 2. The van der Waals surface area contributed by atoms with E-state index in [1.54, 1.807) is 0 Å². The molecule has 0 saturated carbocycles. The molecule has 6 heteroatoms. The van der Waals surface area contributed by atoms with Gasteiger partial charge in [-0.1, -0.05) is 42.5 Å². The summed E-state index contributed by atoms with van der Waals surface area (Å²) in [5.74, 6) is -0.0721. The molecule has 2 aromatic carbocycles. The van der Waals surface area contributed by atoms with Gasteiger partial charge in [0.05, 0.1) is 12.7 Å². The third kappa shape index (κ3) is 7.03. The van der Waals surface area contributed by atoms with E-state index in [1.165, 1.54) is 23.2 Å². The van der Waals surface area contributed by atoms with E-state index in [0.29, 0.717) is 13.2 Å². The second kappa shape index (κ2) is 12.2. The fourth-order valence-electron chi connectivity index (χ4n) is 4.52. The van der Waals surface area contributed by atoms with Gasteiger partial charge in [0.25, 0.3) is 0 Å². The van der Waals surface area contributed by atoms with Gasteiger partial charge in [-0.05, 0) is 49.4 Å². The van der Waals surface area contributed by atoms with Gasteiger partial charge in [-0.3, -0.25) is 9.69 Å². The van der Waals surface area contributed by atoms with E-state index >= 15 is 0 Å². The summed E-state index contributed by atoms with van der Waals surface area (Å²) in [6, 6.07) is 19.0. The van der Waals surface area contributed by atoms with Crippen LogP contribution in [-0.4, -0.2) is 62.4 Å². The van der Waals surface area contributed by atoms with Gasteiger partial charge in [0.2, 0.25) is 5.91 Å². The topological polar surface area (TPSA) is 54.0 Å². The molecule has 2 aliphatic heterocycles. The molecule has 0 aromatic heterocycles. The van der Waals surface area contributed by atoms with Crippen LogP contribution in [0.3, 0.4) is 0 Å². The van der Waals surface area contributed by atoms with Gasteiger partial charge in [-0.25, -0.2) is 0 Å². The van der Waals surface area contributed by atoms with E-state index in [1.807, 2.05) is 13.0 Å². The molecule has 0 aliphatic carbocycles. The van der Waals surface area contributed by atoms with Gasteiger partial charge in [-0.15, -0.1) is 0 Å². The number of para-hydroxylation sites is 1. The van der Waals surface area contributed by atoms with Crippen molar-refractivity contribution in [1.29, 1.82) is 0 Å². The molecule has 1 amide bonds. The minimum Gasteiger partial charge on any atom is -0.376 e. The predicted molar refractivity (Wildman–Crippen MR) is 131 cm³/mol. The molecule has 2 atom stereocenters. The maximum atomic E-state index is 12.6. The van der Waals surface area contributed by atoms with Crippen LogP contribution in [0, 0.1) is 0 Å². The Balaban J connectivity index is 1.23. The maximum absolute atomic E-state index is 12.6. The lowest BCUT2D eigenvalue weighted by Crippen LogP contribution is -2.46. The van der Waals surface area contributed by atoms with Gasteiger partial charge in [-0.2, -0.15) is 0 Å². The highest BCUT2D eigenvalue weighted by atomic mass is 16.5. The van der Waals surface area contributed by atoms with Gasteiger partial charge in [0.15, 0.2) is 0 Å². The SMILES string of the molecule is CC(OCC1CCCCO1)C(=O)NCc1ccccc1CN1CCN(c2ccccc2)CC1. The Morgan fingerprint density at radius 1 is 1.03 bits per heavy atom. The smallest absolute Gasteiger partial charge is 0.249 e. The van der Waals surface area contributed by atoms with E-state index in [-0.39, 0.29) is 12.0 Å². The summed E-state index contributed by atoms with van der Waals surface area (Å²) in [6.07, 6.45) is 2.95. The van der Waals surface area contributed by atoms with Crippen molar-refractivity contribution < 1.29 is 14.3 Å². The standard InChI is InChI=1S/C27H37N3O3/c1-22(33-21-26-13-7-8-18-32-26)27(31)28-19-23-9-5-6-10-24(23)20-29-14-16-30(17-15-29)25-11-3-2-4-12-25/h2-6,9-12,22,26H,7-8,13-21H2,1H3,(H,28,31). The molecular weight excluding hydrogens is 414 g/mol. The van der Waals surface area contributed by atoms with Gasteiger partial charge in [0.1, 0.15) is 6.10 Å². The zero-order chi connectivity index (χ0) is 22.9. The summed E-state index contributed by atoms with van der Waals surface area (Å²) < 4.78 is 11.5. The Morgan fingerprint density at radius 3 is 2.48 bits per heavy atom. The number of nitrogens with one attached hydrogen (secondary N) is 1. The van der Waals surface area contributed by atoms with Crippen molar-refractivity contribution in [2.45, 2.75) is 51.5 Å². The van der Waals surface area contributed by atoms with Gasteiger partial charge < -0.3 is 19.7 Å². The molecule has 6 nitrogen and oxygen atoms in total. The lowest BCUT2D eigenvalue weighted by molar-refractivity contribution is -0.135. The molecule has 2 fully saturated rings. The number of anilines is 1. The average molecular weight is 452 g/mol. The molecule has 178 valence electrons. The lowest BCUT2D eigenvalue weighted by Gasteiger charge is -2.36. The number of hydrogen-bond donors (Lipinski definition) is 1. The highest BCUT2D eigenvalue weighted by Crippen LogP contribution is 2.18. The summed E-state index contributed by atoms with van der Waals surface area (Å²) in [7, 11) is 0. The predicted octanol–water partition coefficient (Wildman–Crippen LogP) is 3.60. The number of carbonyl (C=O) groups excluding carboxylic acids is 1. The number of amides is 1. The largest absolute Gasteiger partial charge is 0.376 e. The number of piperazine rings is 1. The van der Waals surface area contributed by atoms with E-state index in [2.05, 4.69) is 63.6 Å². The highest BCUT2D eigenvalue weighted by Gasteiger charge is 2.20. The number of carbonyl (C=O) groups is 1. The molecular formula is C27H37N3O3. The first kappa shape index (κ1) is 23.7. The summed E-state index contributed by atoms with van der Waals surface area (Å²) in [5, 5.41) is 3.06. The lowest BCUT2D eigenvalue weighted by atomic mass is 10.1. The van der Waals surface area contributed by atoms with Crippen molar-refractivity contribution in [3.05, 3.63) is 65.7 Å². The van der Waals surface area contributed by atoms with Crippen LogP contribution >= 0.6 is 0 Å². The van der Waals surface area contributed by atoms with E-state index in [9.17, 15) is 4.79 Å². The summed E-state index contributed by atoms with van der Waals surface area (Å²) in [4.78, 5) is 17.5. The summed E-state index contributed by atoms with van der Waals surface area (Å²) in [5.41, 5.74) is 3.74. The van der Waals surface area contributed by atoms with Crippen LogP contribution in [0.5, 0.6) is 0 Å². The van der Waals surface area contributed by atoms with Crippen LogP contribution in [0.2, 0.25) is 0 Å². The molecule has 33 heavy (non-hydrogen) atoms. The quantitative estimate of drug-likeness (QED) is 0.631. The van der Waals surface area contributed by atoms with Crippen LogP contribution in [0.1, 0.15) is 37.3 Å². The number of ether oxygens (including phenoxy) is 2. The van der Waals surface area contributed by atoms with E-state index < -0.39 is 6.10 Å². The normalized spacial score (nSPS) is 20.4. The Kier molecular flexibility index (Phi) is 8.75. The Morgan fingerprint density at radius 2 is 1.76 bits per heavy atom. The fourth-order valence-corrected chi connectivity index (χ4v) is 4.52. The van der Waals surface area contributed by atoms with Gasteiger partial charge >= 0.3 is 0 Å². The zero-order valence-electron chi connectivity index (χ0n) is 19.7. The summed E-state index contributed by atoms with van der Waals surface area (Å²) >= 11 is 0. The zero-order valence-corrected chi connectivity index (χ0v) is 19.7. The molecule has 0 spiro atoms.